The second kappa shape index (κ2) is 7.14. The van der Waals surface area contributed by atoms with E-state index in [1.54, 1.807) is 23.7 Å². The highest BCUT2D eigenvalue weighted by Gasteiger charge is 2.29. The molecule has 1 aliphatic rings. The minimum absolute atomic E-state index is 0.132. The number of aromatic nitrogens is 3. The first-order chi connectivity index (χ1) is 12.3. The van der Waals surface area contributed by atoms with Gasteiger partial charge in [0, 0.05) is 36.8 Å². The van der Waals surface area contributed by atoms with Gasteiger partial charge < -0.3 is 9.42 Å². The van der Waals surface area contributed by atoms with Crippen molar-refractivity contribution < 1.29 is 9.32 Å². The van der Waals surface area contributed by atoms with E-state index in [2.05, 4.69) is 15.1 Å². The number of rotatable bonds is 5. The molecule has 0 aromatic carbocycles. The fraction of sp³-hybridized carbons (Fsp3) is 0.333. The van der Waals surface area contributed by atoms with E-state index in [9.17, 15) is 4.79 Å². The molecule has 0 saturated carbocycles. The van der Waals surface area contributed by atoms with Gasteiger partial charge in [0.05, 0.1) is 11.1 Å². The largest absolute Gasteiger partial charge is 0.336 e. The molecule has 25 heavy (non-hydrogen) atoms. The second-order valence-electron chi connectivity index (χ2n) is 6.10. The number of amides is 1. The lowest BCUT2D eigenvalue weighted by atomic mass is 10.1. The van der Waals surface area contributed by atoms with Crippen molar-refractivity contribution in [2.24, 2.45) is 0 Å². The molecule has 7 heteroatoms. The maximum atomic E-state index is 12.6. The summed E-state index contributed by atoms with van der Waals surface area (Å²) < 4.78 is 5.32. The standard InChI is InChI=1S/C18H18N4O2S/c23-18(14-7-10-25-12-14)22-9-2-4-15(22)5-6-16-20-17(24-21-16)13-3-1-8-19-11-13/h1,3,7-8,10-12,15H,2,4-6,9H2. The van der Waals surface area contributed by atoms with Gasteiger partial charge in [-0.15, -0.1) is 0 Å². The van der Waals surface area contributed by atoms with Gasteiger partial charge in [-0.2, -0.15) is 16.3 Å². The van der Waals surface area contributed by atoms with Crippen molar-refractivity contribution in [3.8, 4) is 11.5 Å². The molecular weight excluding hydrogens is 336 g/mol. The fourth-order valence-corrected chi connectivity index (χ4v) is 3.84. The molecule has 0 N–H and O–H groups in total. The third kappa shape index (κ3) is 3.46. The Hall–Kier alpha value is -2.54. The van der Waals surface area contributed by atoms with Gasteiger partial charge in [0.25, 0.3) is 11.8 Å². The molecule has 4 rings (SSSR count). The Morgan fingerprint density at radius 1 is 1.40 bits per heavy atom. The average Bonchev–Trinajstić information content (AvgIpc) is 3.41. The second-order valence-corrected chi connectivity index (χ2v) is 6.88. The number of pyridine rings is 1. The summed E-state index contributed by atoms with van der Waals surface area (Å²) in [4.78, 5) is 23.1. The molecule has 0 aliphatic carbocycles. The lowest BCUT2D eigenvalue weighted by molar-refractivity contribution is 0.0731. The van der Waals surface area contributed by atoms with Crippen LogP contribution in [-0.4, -0.2) is 38.5 Å². The Morgan fingerprint density at radius 3 is 3.16 bits per heavy atom. The van der Waals surface area contributed by atoms with Gasteiger partial charge in [0.15, 0.2) is 5.82 Å². The van der Waals surface area contributed by atoms with E-state index in [1.165, 1.54) is 0 Å². The summed E-state index contributed by atoms with van der Waals surface area (Å²) in [6.07, 6.45) is 7.04. The minimum Gasteiger partial charge on any atom is -0.336 e. The number of aryl methyl sites for hydroxylation is 1. The number of carbonyl (C=O) groups is 1. The molecule has 0 radical (unpaired) electrons. The number of likely N-dealkylation sites (tertiary alicyclic amines) is 1. The Morgan fingerprint density at radius 2 is 2.36 bits per heavy atom. The highest BCUT2D eigenvalue weighted by atomic mass is 32.1. The molecule has 3 aromatic heterocycles. The number of hydrogen-bond acceptors (Lipinski definition) is 6. The zero-order valence-corrected chi connectivity index (χ0v) is 14.5. The van der Waals surface area contributed by atoms with Gasteiger partial charge >= 0.3 is 0 Å². The first-order valence-corrected chi connectivity index (χ1v) is 9.32. The summed E-state index contributed by atoms with van der Waals surface area (Å²) in [5.41, 5.74) is 1.60. The highest BCUT2D eigenvalue weighted by Crippen LogP contribution is 2.25. The fourth-order valence-electron chi connectivity index (χ4n) is 3.21. The summed E-state index contributed by atoms with van der Waals surface area (Å²) in [7, 11) is 0. The third-order valence-corrected chi connectivity index (χ3v) is 5.17. The van der Waals surface area contributed by atoms with Crippen LogP contribution in [0, 0.1) is 0 Å². The molecular formula is C18H18N4O2S. The molecule has 128 valence electrons. The van der Waals surface area contributed by atoms with Crippen LogP contribution in [0.5, 0.6) is 0 Å². The molecule has 1 unspecified atom stereocenters. The Labute approximate surface area is 149 Å². The van der Waals surface area contributed by atoms with Crippen molar-refractivity contribution in [3.63, 3.8) is 0 Å². The van der Waals surface area contributed by atoms with Crippen LogP contribution in [0.3, 0.4) is 0 Å². The minimum atomic E-state index is 0.132. The van der Waals surface area contributed by atoms with Gasteiger partial charge in [0.2, 0.25) is 0 Å². The summed E-state index contributed by atoms with van der Waals surface area (Å²) in [5.74, 6) is 1.29. The van der Waals surface area contributed by atoms with Crippen molar-refractivity contribution in [2.45, 2.75) is 31.7 Å². The number of thiophene rings is 1. The summed E-state index contributed by atoms with van der Waals surface area (Å²) in [5, 5.41) is 7.91. The average molecular weight is 354 g/mol. The third-order valence-electron chi connectivity index (χ3n) is 4.48. The van der Waals surface area contributed by atoms with Crippen molar-refractivity contribution >= 4 is 17.2 Å². The van der Waals surface area contributed by atoms with Gasteiger partial charge in [-0.25, -0.2) is 0 Å². The normalized spacial score (nSPS) is 17.1. The first-order valence-electron chi connectivity index (χ1n) is 8.37. The zero-order chi connectivity index (χ0) is 17.1. The number of nitrogens with zero attached hydrogens (tertiary/aromatic N) is 4. The molecule has 0 bridgehead atoms. The molecule has 0 spiro atoms. The quantitative estimate of drug-likeness (QED) is 0.702. The van der Waals surface area contributed by atoms with E-state index in [4.69, 9.17) is 4.52 Å². The van der Waals surface area contributed by atoms with Gasteiger partial charge in [-0.3, -0.25) is 9.78 Å². The smallest absolute Gasteiger partial charge is 0.259 e. The zero-order valence-electron chi connectivity index (χ0n) is 13.7. The Bertz CT molecular complexity index is 832. The summed E-state index contributed by atoms with van der Waals surface area (Å²) >= 11 is 1.55. The van der Waals surface area contributed by atoms with E-state index in [-0.39, 0.29) is 11.9 Å². The van der Waals surface area contributed by atoms with Crippen LogP contribution in [0.25, 0.3) is 11.5 Å². The molecule has 1 fully saturated rings. The van der Waals surface area contributed by atoms with Crippen LogP contribution in [0.15, 0.2) is 45.9 Å². The van der Waals surface area contributed by atoms with E-state index < -0.39 is 0 Å². The number of hydrogen-bond donors (Lipinski definition) is 0. The molecule has 6 nitrogen and oxygen atoms in total. The molecule has 1 saturated heterocycles. The SMILES string of the molecule is O=C(c1ccsc1)N1CCCC1CCc1noc(-c2cccnc2)n1. The monoisotopic (exact) mass is 354 g/mol. The Kier molecular flexibility index (Phi) is 4.56. The lowest BCUT2D eigenvalue weighted by Crippen LogP contribution is -2.35. The van der Waals surface area contributed by atoms with E-state index in [0.29, 0.717) is 18.1 Å². The van der Waals surface area contributed by atoms with Crippen molar-refractivity contribution in [2.75, 3.05) is 6.54 Å². The predicted octanol–water partition coefficient (Wildman–Crippen LogP) is 3.43. The molecule has 1 aliphatic heterocycles. The van der Waals surface area contributed by atoms with Gasteiger partial charge in [-0.05, 0) is 42.8 Å². The first kappa shape index (κ1) is 16.0. The van der Waals surface area contributed by atoms with Crippen LogP contribution >= 0.6 is 11.3 Å². The van der Waals surface area contributed by atoms with E-state index in [0.717, 1.165) is 36.9 Å². The van der Waals surface area contributed by atoms with Crippen molar-refractivity contribution in [3.05, 3.63) is 52.7 Å². The van der Waals surface area contributed by atoms with Crippen LogP contribution in [0.2, 0.25) is 0 Å². The summed E-state index contributed by atoms with van der Waals surface area (Å²) in [6.45, 7) is 0.826. The number of carbonyl (C=O) groups excluding carboxylic acids is 1. The van der Waals surface area contributed by atoms with Crippen LogP contribution in [0.1, 0.15) is 35.4 Å². The van der Waals surface area contributed by atoms with Gasteiger partial charge in [-0.1, -0.05) is 5.16 Å². The van der Waals surface area contributed by atoms with Crippen LogP contribution < -0.4 is 0 Å². The van der Waals surface area contributed by atoms with Crippen LogP contribution in [0.4, 0.5) is 0 Å². The molecule has 1 atom stereocenters. The maximum absolute atomic E-state index is 12.6. The molecule has 4 heterocycles. The summed E-state index contributed by atoms with van der Waals surface area (Å²) in [6, 6.07) is 5.86. The van der Waals surface area contributed by atoms with Crippen molar-refractivity contribution in [1.82, 2.24) is 20.0 Å². The van der Waals surface area contributed by atoms with Crippen molar-refractivity contribution in [1.29, 1.82) is 0 Å². The lowest BCUT2D eigenvalue weighted by Gasteiger charge is -2.24. The van der Waals surface area contributed by atoms with E-state index in [1.807, 2.05) is 33.9 Å². The van der Waals surface area contributed by atoms with Crippen LogP contribution in [-0.2, 0) is 6.42 Å². The van der Waals surface area contributed by atoms with E-state index >= 15 is 0 Å². The predicted molar refractivity (Wildman–Crippen MR) is 94.2 cm³/mol. The topological polar surface area (TPSA) is 72.1 Å². The maximum Gasteiger partial charge on any atom is 0.259 e. The van der Waals surface area contributed by atoms with Gasteiger partial charge in [0.1, 0.15) is 0 Å². The Balaban J connectivity index is 1.39. The highest BCUT2D eigenvalue weighted by molar-refractivity contribution is 7.08. The molecule has 1 amide bonds. The molecule has 3 aromatic rings.